The number of aliphatic hydroxyl groups is 2. The minimum absolute atomic E-state index is 0.0244. The van der Waals surface area contributed by atoms with Gasteiger partial charge in [-0.2, -0.15) is 0 Å². The molecule has 0 amide bonds. The maximum atomic E-state index is 8.89. The van der Waals surface area contributed by atoms with Gasteiger partial charge in [0.15, 0.2) is 0 Å². The average Bonchev–Trinajstić information content (AvgIpc) is 2.22. The van der Waals surface area contributed by atoms with Crippen LogP contribution >= 0.6 is 0 Å². The SMILES string of the molecule is Cc1ccc(CCC(CO)CO)cc1. The molecule has 0 aromatic heterocycles. The third-order valence-corrected chi connectivity index (χ3v) is 2.48. The zero-order valence-electron chi connectivity index (χ0n) is 8.61. The van der Waals surface area contributed by atoms with Crippen LogP contribution in [-0.4, -0.2) is 23.4 Å². The molecule has 0 saturated heterocycles. The molecule has 0 radical (unpaired) electrons. The summed E-state index contributed by atoms with van der Waals surface area (Å²) in [4.78, 5) is 0. The molecule has 2 heteroatoms. The van der Waals surface area contributed by atoms with Gasteiger partial charge in [-0.15, -0.1) is 0 Å². The maximum absolute atomic E-state index is 8.89. The Morgan fingerprint density at radius 3 is 2.14 bits per heavy atom. The van der Waals surface area contributed by atoms with E-state index in [9.17, 15) is 0 Å². The van der Waals surface area contributed by atoms with Crippen molar-refractivity contribution in [3.05, 3.63) is 35.4 Å². The minimum atomic E-state index is 0.0244. The van der Waals surface area contributed by atoms with Gasteiger partial charge >= 0.3 is 0 Å². The number of hydrogen-bond donors (Lipinski definition) is 2. The summed E-state index contributed by atoms with van der Waals surface area (Å²) in [6, 6.07) is 8.37. The molecule has 0 bridgehead atoms. The van der Waals surface area contributed by atoms with Gasteiger partial charge in [0, 0.05) is 19.1 Å². The maximum Gasteiger partial charge on any atom is 0.0481 e. The highest BCUT2D eigenvalue weighted by molar-refractivity contribution is 5.21. The molecule has 14 heavy (non-hydrogen) atoms. The summed E-state index contributed by atoms with van der Waals surface area (Å²) in [6.45, 7) is 2.21. The van der Waals surface area contributed by atoms with E-state index in [0.29, 0.717) is 0 Å². The van der Waals surface area contributed by atoms with Gasteiger partial charge in [0.25, 0.3) is 0 Å². The van der Waals surface area contributed by atoms with Crippen LogP contribution in [0.1, 0.15) is 17.5 Å². The van der Waals surface area contributed by atoms with Crippen LogP contribution in [0.5, 0.6) is 0 Å². The van der Waals surface area contributed by atoms with Crippen molar-refractivity contribution in [2.24, 2.45) is 5.92 Å². The van der Waals surface area contributed by atoms with E-state index in [-0.39, 0.29) is 19.1 Å². The molecule has 0 spiro atoms. The van der Waals surface area contributed by atoms with E-state index in [0.717, 1.165) is 12.8 Å². The zero-order valence-corrected chi connectivity index (χ0v) is 8.61. The van der Waals surface area contributed by atoms with E-state index >= 15 is 0 Å². The fourth-order valence-corrected chi connectivity index (χ4v) is 1.37. The third-order valence-electron chi connectivity index (χ3n) is 2.48. The second-order valence-electron chi connectivity index (χ2n) is 3.76. The summed E-state index contributed by atoms with van der Waals surface area (Å²) in [7, 11) is 0. The predicted molar refractivity (Wildman–Crippen MR) is 57.2 cm³/mol. The van der Waals surface area contributed by atoms with E-state index in [4.69, 9.17) is 10.2 Å². The van der Waals surface area contributed by atoms with Crippen LogP contribution in [0.4, 0.5) is 0 Å². The van der Waals surface area contributed by atoms with E-state index in [2.05, 4.69) is 31.2 Å². The monoisotopic (exact) mass is 194 g/mol. The Kier molecular flexibility index (Phi) is 4.63. The summed E-state index contributed by atoms with van der Waals surface area (Å²) in [5.74, 6) is 0.0244. The first-order valence-corrected chi connectivity index (χ1v) is 5.03. The molecule has 0 saturated carbocycles. The lowest BCUT2D eigenvalue weighted by atomic mass is 10.0. The van der Waals surface area contributed by atoms with Gasteiger partial charge in [0.2, 0.25) is 0 Å². The molecular formula is C12H18O2. The summed E-state index contributed by atoms with van der Waals surface area (Å²) >= 11 is 0. The summed E-state index contributed by atoms with van der Waals surface area (Å²) in [5.41, 5.74) is 2.53. The molecule has 0 aliphatic carbocycles. The molecule has 0 atom stereocenters. The minimum Gasteiger partial charge on any atom is -0.396 e. The number of aliphatic hydroxyl groups excluding tert-OH is 2. The second-order valence-corrected chi connectivity index (χ2v) is 3.76. The molecule has 0 aliphatic heterocycles. The van der Waals surface area contributed by atoms with Crippen LogP contribution < -0.4 is 0 Å². The van der Waals surface area contributed by atoms with Crippen molar-refractivity contribution < 1.29 is 10.2 Å². The Morgan fingerprint density at radius 1 is 1.07 bits per heavy atom. The molecular weight excluding hydrogens is 176 g/mol. The fraction of sp³-hybridized carbons (Fsp3) is 0.500. The Morgan fingerprint density at radius 2 is 1.64 bits per heavy atom. The van der Waals surface area contributed by atoms with Crippen LogP contribution in [0.15, 0.2) is 24.3 Å². The lowest BCUT2D eigenvalue weighted by Crippen LogP contribution is -2.11. The molecule has 1 rings (SSSR count). The molecule has 2 nitrogen and oxygen atoms in total. The molecule has 1 aromatic rings. The molecule has 1 aromatic carbocycles. The van der Waals surface area contributed by atoms with E-state index in [1.54, 1.807) is 0 Å². The van der Waals surface area contributed by atoms with Crippen LogP contribution in [0.25, 0.3) is 0 Å². The standard InChI is InChI=1S/C12H18O2/c1-10-2-4-11(5-3-10)6-7-12(8-13)9-14/h2-5,12-14H,6-9H2,1H3. The first-order chi connectivity index (χ1) is 6.76. The van der Waals surface area contributed by atoms with E-state index in [1.165, 1.54) is 11.1 Å². The highest BCUT2D eigenvalue weighted by Crippen LogP contribution is 2.10. The van der Waals surface area contributed by atoms with Crippen molar-refractivity contribution >= 4 is 0 Å². The number of hydrogen-bond acceptors (Lipinski definition) is 2. The molecule has 0 heterocycles. The van der Waals surface area contributed by atoms with Gasteiger partial charge in [-0.3, -0.25) is 0 Å². The first-order valence-electron chi connectivity index (χ1n) is 5.03. The lowest BCUT2D eigenvalue weighted by Gasteiger charge is -2.10. The Labute approximate surface area is 85.2 Å². The Hall–Kier alpha value is -0.860. The van der Waals surface area contributed by atoms with Crippen molar-refractivity contribution in [2.75, 3.05) is 13.2 Å². The van der Waals surface area contributed by atoms with Gasteiger partial charge in [-0.05, 0) is 25.3 Å². The Balaban J connectivity index is 2.41. The third kappa shape index (κ3) is 3.48. The normalized spacial score (nSPS) is 10.9. The van der Waals surface area contributed by atoms with E-state index in [1.807, 2.05) is 0 Å². The molecule has 2 N–H and O–H groups in total. The van der Waals surface area contributed by atoms with Crippen molar-refractivity contribution in [3.8, 4) is 0 Å². The average molecular weight is 194 g/mol. The van der Waals surface area contributed by atoms with Crippen molar-refractivity contribution in [3.63, 3.8) is 0 Å². The largest absolute Gasteiger partial charge is 0.396 e. The van der Waals surface area contributed by atoms with Gasteiger partial charge in [-0.25, -0.2) is 0 Å². The van der Waals surface area contributed by atoms with Crippen LogP contribution in [0.3, 0.4) is 0 Å². The zero-order chi connectivity index (χ0) is 10.4. The quantitative estimate of drug-likeness (QED) is 0.746. The van der Waals surface area contributed by atoms with Gasteiger partial charge in [0.05, 0.1) is 0 Å². The highest BCUT2D eigenvalue weighted by atomic mass is 16.3. The van der Waals surface area contributed by atoms with Crippen LogP contribution in [0.2, 0.25) is 0 Å². The number of aryl methyl sites for hydroxylation is 2. The lowest BCUT2D eigenvalue weighted by molar-refractivity contribution is 0.144. The second kappa shape index (κ2) is 5.78. The molecule has 78 valence electrons. The summed E-state index contributed by atoms with van der Waals surface area (Å²) in [6.07, 6.45) is 1.77. The summed E-state index contributed by atoms with van der Waals surface area (Å²) < 4.78 is 0. The predicted octanol–water partition coefficient (Wildman–Crippen LogP) is 1.53. The van der Waals surface area contributed by atoms with E-state index < -0.39 is 0 Å². The van der Waals surface area contributed by atoms with Gasteiger partial charge in [-0.1, -0.05) is 29.8 Å². The molecule has 0 aliphatic rings. The van der Waals surface area contributed by atoms with Crippen molar-refractivity contribution in [1.82, 2.24) is 0 Å². The Bertz CT molecular complexity index is 250. The highest BCUT2D eigenvalue weighted by Gasteiger charge is 2.05. The number of rotatable bonds is 5. The topological polar surface area (TPSA) is 40.5 Å². The molecule has 0 fully saturated rings. The summed E-state index contributed by atoms with van der Waals surface area (Å²) in [5, 5.41) is 17.8. The van der Waals surface area contributed by atoms with Crippen molar-refractivity contribution in [2.45, 2.75) is 19.8 Å². The molecule has 0 unspecified atom stereocenters. The smallest absolute Gasteiger partial charge is 0.0481 e. The van der Waals surface area contributed by atoms with Gasteiger partial charge in [0.1, 0.15) is 0 Å². The van der Waals surface area contributed by atoms with Crippen LogP contribution in [0, 0.1) is 12.8 Å². The first kappa shape index (κ1) is 11.2. The van der Waals surface area contributed by atoms with Gasteiger partial charge < -0.3 is 10.2 Å². The fourth-order valence-electron chi connectivity index (χ4n) is 1.37. The number of benzene rings is 1. The van der Waals surface area contributed by atoms with Crippen LogP contribution in [-0.2, 0) is 6.42 Å². The van der Waals surface area contributed by atoms with Crippen molar-refractivity contribution in [1.29, 1.82) is 0 Å².